The molecule has 42 heavy (non-hydrogen) atoms. The van der Waals surface area contributed by atoms with Crippen LogP contribution in [0.3, 0.4) is 0 Å². The fraction of sp³-hybridized carbons (Fsp3) is 0.677. The first-order valence-corrected chi connectivity index (χ1v) is 14.8. The summed E-state index contributed by atoms with van der Waals surface area (Å²) in [5, 5.41) is 0. The van der Waals surface area contributed by atoms with Crippen LogP contribution in [0.2, 0.25) is 0 Å². The van der Waals surface area contributed by atoms with Gasteiger partial charge >= 0.3 is 12.1 Å². The molecule has 1 aromatic carbocycles. The van der Waals surface area contributed by atoms with Crippen LogP contribution < -0.4 is 9.64 Å². The van der Waals surface area contributed by atoms with Crippen molar-refractivity contribution in [3.8, 4) is 5.75 Å². The van der Waals surface area contributed by atoms with Crippen LogP contribution in [0.4, 0.5) is 10.5 Å². The van der Waals surface area contributed by atoms with E-state index in [4.69, 9.17) is 18.9 Å². The van der Waals surface area contributed by atoms with Crippen molar-refractivity contribution >= 4 is 29.6 Å². The lowest BCUT2D eigenvalue weighted by Gasteiger charge is -2.42. The zero-order chi connectivity index (χ0) is 31.2. The highest BCUT2D eigenvalue weighted by Crippen LogP contribution is 2.40. The van der Waals surface area contributed by atoms with Gasteiger partial charge in [-0.2, -0.15) is 0 Å². The summed E-state index contributed by atoms with van der Waals surface area (Å²) in [4.78, 5) is 58.3. The number of nitrogens with zero attached hydrogens (tertiary/aromatic N) is 3. The van der Waals surface area contributed by atoms with Gasteiger partial charge in [0, 0.05) is 45.0 Å². The molecule has 3 rings (SSSR count). The monoisotopic (exact) mass is 589 g/mol. The summed E-state index contributed by atoms with van der Waals surface area (Å²) in [5.41, 5.74) is -1.64. The summed E-state index contributed by atoms with van der Waals surface area (Å²) in [7, 11) is 1.62. The number of piperidine rings is 1. The molecular weight excluding hydrogens is 542 g/mol. The molecule has 2 aliphatic heterocycles. The maximum absolute atomic E-state index is 14.0. The smallest absolute Gasteiger partial charge is 0.410 e. The minimum Gasteiger partial charge on any atom is -0.464 e. The van der Waals surface area contributed by atoms with Gasteiger partial charge in [-0.15, -0.1) is 0 Å². The predicted molar refractivity (Wildman–Crippen MR) is 158 cm³/mol. The van der Waals surface area contributed by atoms with E-state index in [1.165, 1.54) is 11.8 Å². The van der Waals surface area contributed by atoms with E-state index in [0.717, 1.165) is 12.8 Å². The summed E-state index contributed by atoms with van der Waals surface area (Å²) in [5.74, 6) is -1.20. The molecule has 1 unspecified atom stereocenters. The molecule has 0 radical (unpaired) electrons. The molecule has 2 heterocycles. The normalized spacial score (nSPS) is 20.6. The summed E-state index contributed by atoms with van der Waals surface area (Å²) in [6.07, 6.45) is 2.44. The van der Waals surface area contributed by atoms with Crippen molar-refractivity contribution in [3.63, 3.8) is 0 Å². The van der Waals surface area contributed by atoms with E-state index < -0.39 is 23.1 Å². The number of amides is 3. The Morgan fingerprint density at radius 1 is 1.19 bits per heavy atom. The maximum atomic E-state index is 14.0. The largest absolute Gasteiger partial charge is 0.464 e. The number of unbranched alkanes of at least 4 members (excludes halogenated alkanes) is 1. The van der Waals surface area contributed by atoms with Crippen molar-refractivity contribution in [1.82, 2.24) is 9.80 Å². The first kappa shape index (κ1) is 33.2. The molecule has 2 atom stereocenters. The minimum atomic E-state index is -1.84. The lowest BCUT2D eigenvalue weighted by atomic mass is 9.98. The summed E-state index contributed by atoms with van der Waals surface area (Å²) in [6.45, 7) is 14.4. The van der Waals surface area contributed by atoms with Crippen molar-refractivity contribution < 1.29 is 38.1 Å². The molecule has 2 aliphatic rings. The Kier molecular flexibility index (Phi) is 10.9. The van der Waals surface area contributed by atoms with E-state index in [9.17, 15) is 19.2 Å². The van der Waals surface area contributed by atoms with Gasteiger partial charge in [0.05, 0.1) is 18.3 Å². The van der Waals surface area contributed by atoms with E-state index in [1.807, 2.05) is 34.6 Å². The van der Waals surface area contributed by atoms with E-state index in [-0.39, 0.29) is 30.7 Å². The molecule has 1 saturated heterocycles. The van der Waals surface area contributed by atoms with Crippen molar-refractivity contribution in [2.75, 3.05) is 44.9 Å². The maximum Gasteiger partial charge on any atom is 0.410 e. The molecule has 11 heteroatoms. The standard InChI is InChI=1S/C31H47N3O8/c1-9-40-28(37)31(7)27(36)33(17-10-11-18-39-8)24-19-22(14-15-25(24)41-31)26(35)34(21(2)3)23-13-12-16-32(20-23)29(38)42-30(4,5)6/h14-15,19,21,23H,9-13,16-18,20H2,1-8H3/t23-,31?/m1/s1. The second-order valence-corrected chi connectivity index (χ2v) is 12.2. The van der Waals surface area contributed by atoms with Gasteiger partial charge in [0.2, 0.25) is 0 Å². The predicted octanol–water partition coefficient (Wildman–Crippen LogP) is 4.41. The second kappa shape index (κ2) is 13.8. The third kappa shape index (κ3) is 7.53. The van der Waals surface area contributed by atoms with E-state index in [2.05, 4.69) is 0 Å². The van der Waals surface area contributed by atoms with Gasteiger partial charge in [0.1, 0.15) is 11.4 Å². The Balaban J connectivity index is 1.92. The fourth-order valence-corrected chi connectivity index (χ4v) is 5.36. The fourth-order valence-electron chi connectivity index (χ4n) is 5.36. The molecule has 234 valence electrons. The SMILES string of the molecule is CCOC(=O)C1(C)Oc2ccc(C(=O)N(C(C)C)[C@@H]3CCCN(C(=O)OC(C)(C)C)C3)cc2N(CCCCOC)C1=O. The van der Waals surface area contributed by atoms with Crippen molar-refractivity contribution in [3.05, 3.63) is 23.8 Å². The molecule has 3 amide bonds. The number of hydrogen-bond acceptors (Lipinski definition) is 8. The lowest BCUT2D eigenvalue weighted by Crippen LogP contribution is -2.59. The Morgan fingerprint density at radius 2 is 1.90 bits per heavy atom. The molecule has 0 aliphatic carbocycles. The summed E-state index contributed by atoms with van der Waals surface area (Å²) < 4.78 is 21.9. The number of hydrogen-bond donors (Lipinski definition) is 0. The Hall–Kier alpha value is -3.34. The summed E-state index contributed by atoms with van der Waals surface area (Å²) in [6, 6.07) is 4.58. The average molecular weight is 590 g/mol. The number of methoxy groups -OCH3 is 1. The second-order valence-electron chi connectivity index (χ2n) is 12.2. The number of carbonyl (C=O) groups excluding carboxylic acids is 4. The highest BCUT2D eigenvalue weighted by atomic mass is 16.6. The number of fused-ring (bicyclic) bond motifs is 1. The zero-order valence-corrected chi connectivity index (χ0v) is 26.4. The van der Waals surface area contributed by atoms with E-state index in [0.29, 0.717) is 56.1 Å². The van der Waals surface area contributed by atoms with Crippen LogP contribution in [0.5, 0.6) is 5.75 Å². The van der Waals surface area contributed by atoms with Crippen LogP contribution in [0.1, 0.15) is 84.5 Å². The van der Waals surface area contributed by atoms with Crippen LogP contribution in [-0.2, 0) is 23.8 Å². The number of rotatable bonds is 10. The van der Waals surface area contributed by atoms with Crippen LogP contribution in [0.15, 0.2) is 18.2 Å². The average Bonchev–Trinajstić information content (AvgIpc) is 2.92. The highest BCUT2D eigenvalue weighted by molar-refractivity contribution is 6.15. The first-order chi connectivity index (χ1) is 19.7. The van der Waals surface area contributed by atoms with Crippen LogP contribution in [0.25, 0.3) is 0 Å². The van der Waals surface area contributed by atoms with Crippen molar-refractivity contribution in [2.45, 2.75) is 97.4 Å². The number of esters is 1. The van der Waals surface area contributed by atoms with E-state index in [1.54, 1.807) is 42.0 Å². The molecule has 1 fully saturated rings. The zero-order valence-electron chi connectivity index (χ0n) is 26.4. The van der Waals surface area contributed by atoms with Gasteiger partial charge in [-0.25, -0.2) is 9.59 Å². The number of benzene rings is 1. The third-order valence-electron chi connectivity index (χ3n) is 7.34. The Bertz CT molecular complexity index is 1150. The van der Waals surface area contributed by atoms with Gasteiger partial charge < -0.3 is 33.6 Å². The highest BCUT2D eigenvalue weighted by Gasteiger charge is 2.52. The van der Waals surface area contributed by atoms with Crippen molar-refractivity contribution in [1.29, 1.82) is 0 Å². The number of carbonyl (C=O) groups is 4. The van der Waals surface area contributed by atoms with Gasteiger partial charge in [0.25, 0.3) is 17.4 Å². The van der Waals surface area contributed by atoms with Gasteiger partial charge in [-0.1, -0.05) is 0 Å². The Labute approximate surface area is 249 Å². The number of ether oxygens (including phenoxy) is 4. The van der Waals surface area contributed by atoms with Crippen LogP contribution in [0, 0.1) is 0 Å². The molecule has 0 N–H and O–H groups in total. The van der Waals surface area contributed by atoms with Gasteiger partial charge in [-0.3, -0.25) is 9.59 Å². The number of likely N-dealkylation sites (tertiary alicyclic amines) is 1. The van der Waals surface area contributed by atoms with Gasteiger partial charge in [0.15, 0.2) is 0 Å². The molecular formula is C31H47N3O8. The quantitative estimate of drug-likeness (QED) is 0.224. The molecule has 0 spiro atoms. The van der Waals surface area contributed by atoms with E-state index >= 15 is 0 Å². The summed E-state index contributed by atoms with van der Waals surface area (Å²) >= 11 is 0. The number of anilines is 1. The molecule has 11 nitrogen and oxygen atoms in total. The van der Waals surface area contributed by atoms with Crippen LogP contribution in [-0.4, -0.2) is 96.9 Å². The van der Waals surface area contributed by atoms with Crippen LogP contribution >= 0.6 is 0 Å². The topological polar surface area (TPSA) is 115 Å². The molecule has 0 saturated carbocycles. The molecule has 0 bridgehead atoms. The molecule has 1 aromatic rings. The first-order valence-electron chi connectivity index (χ1n) is 14.8. The molecule has 0 aromatic heterocycles. The lowest BCUT2D eigenvalue weighted by molar-refractivity contribution is -0.166. The Morgan fingerprint density at radius 3 is 2.52 bits per heavy atom. The van der Waals surface area contributed by atoms with Crippen molar-refractivity contribution in [2.24, 2.45) is 0 Å². The third-order valence-corrected chi connectivity index (χ3v) is 7.34. The van der Waals surface area contributed by atoms with Gasteiger partial charge in [-0.05, 0) is 92.3 Å². The minimum absolute atomic E-state index is 0.108.